The van der Waals surface area contributed by atoms with Gasteiger partial charge in [-0.1, -0.05) is 18.2 Å². The molecule has 1 atom stereocenters. The molecule has 1 N–H and O–H groups in total. The summed E-state index contributed by atoms with van der Waals surface area (Å²) >= 11 is 0. The summed E-state index contributed by atoms with van der Waals surface area (Å²) in [6.07, 6.45) is 0. The van der Waals surface area contributed by atoms with Gasteiger partial charge in [0.15, 0.2) is 0 Å². The maximum atomic E-state index is 8.93. The van der Waals surface area contributed by atoms with Gasteiger partial charge in [0.2, 0.25) is 0 Å². The van der Waals surface area contributed by atoms with E-state index < -0.39 is 0 Å². The molecule has 1 unspecified atom stereocenters. The van der Waals surface area contributed by atoms with E-state index in [4.69, 9.17) is 5.11 Å². The van der Waals surface area contributed by atoms with Gasteiger partial charge in [-0.25, -0.2) is 0 Å². The van der Waals surface area contributed by atoms with E-state index in [0.29, 0.717) is 6.04 Å². The summed E-state index contributed by atoms with van der Waals surface area (Å²) in [4.78, 5) is 4.76. The third-order valence-electron chi connectivity index (χ3n) is 3.22. The van der Waals surface area contributed by atoms with Gasteiger partial charge in [-0.3, -0.25) is 4.90 Å². The van der Waals surface area contributed by atoms with Crippen molar-refractivity contribution in [3.8, 4) is 0 Å². The number of para-hydroxylation sites is 1. The highest BCUT2D eigenvalue weighted by Gasteiger charge is 2.22. The van der Waals surface area contributed by atoms with E-state index in [2.05, 4.69) is 47.1 Å². The summed E-state index contributed by atoms with van der Waals surface area (Å²) in [5, 5.41) is 8.93. The second kappa shape index (κ2) is 6.84. The lowest BCUT2D eigenvalue weighted by molar-refractivity contribution is 0.174. The maximum absolute atomic E-state index is 8.93. The van der Waals surface area contributed by atoms with Crippen molar-refractivity contribution >= 4 is 18.1 Å². The first-order valence-electron chi connectivity index (χ1n) is 5.96. The molecule has 1 aromatic carbocycles. The summed E-state index contributed by atoms with van der Waals surface area (Å²) in [6.45, 7) is 6.43. The van der Waals surface area contributed by atoms with E-state index in [1.807, 2.05) is 0 Å². The van der Waals surface area contributed by atoms with E-state index in [-0.39, 0.29) is 19.0 Å². The van der Waals surface area contributed by atoms with Crippen molar-refractivity contribution in [1.82, 2.24) is 4.90 Å². The number of benzene rings is 1. The molecule has 1 fully saturated rings. The number of piperazine rings is 1. The Labute approximate surface area is 109 Å². The largest absolute Gasteiger partial charge is 0.395 e. The van der Waals surface area contributed by atoms with Crippen molar-refractivity contribution in [2.24, 2.45) is 0 Å². The fourth-order valence-corrected chi connectivity index (χ4v) is 2.38. The van der Waals surface area contributed by atoms with Crippen LogP contribution in [0.4, 0.5) is 5.69 Å². The number of hydrogen-bond acceptors (Lipinski definition) is 3. The first-order valence-corrected chi connectivity index (χ1v) is 5.96. The van der Waals surface area contributed by atoms with E-state index in [9.17, 15) is 0 Å². The molecular weight excluding hydrogens is 236 g/mol. The lowest BCUT2D eigenvalue weighted by Crippen LogP contribution is -2.52. The minimum atomic E-state index is 0. The van der Waals surface area contributed by atoms with Crippen LogP contribution in [0.5, 0.6) is 0 Å². The third kappa shape index (κ3) is 3.60. The van der Waals surface area contributed by atoms with Crippen molar-refractivity contribution in [3.63, 3.8) is 0 Å². The molecule has 0 aliphatic carbocycles. The van der Waals surface area contributed by atoms with Crippen molar-refractivity contribution in [3.05, 3.63) is 30.3 Å². The molecule has 0 amide bonds. The SMILES string of the molecule is CC1CN(CCO)CCN1c1ccccc1.Cl. The summed E-state index contributed by atoms with van der Waals surface area (Å²) in [5.41, 5.74) is 1.30. The van der Waals surface area contributed by atoms with E-state index in [1.165, 1.54) is 5.69 Å². The summed E-state index contributed by atoms with van der Waals surface area (Å²) < 4.78 is 0. The fraction of sp³-hybridized carbons (Fsp3) is 0.538. The molecule has 1 heterocycles. The zero-order valence-corrected chi connectivity index (χ0v) is 11.1. The Morgan fingerprint density at radius 2 is 1.94 bits per heavy atom. The molecule has 0 bridgehead atoms. The molecule has 4 heteroatoms. The third-order valence-corrected chi connectivity index (χ3v) is 3.22. The summed E-state index contributed by atoms with van der Waals surface area (Å²) in [7, 11) is 0. The minimum absolute atomic E-state index is 0. The topological polar surface area (TPSA) is 26.7 Å². The van der Waals surface area contributed by atoms with Gasteiger partial charge in [-0.05, 0) is 19.1 Å². The molecule has 1 aliphatic rings. The first kappa shape index (κ1) is 14.3. The Morgan fingerprint density at radius 1 is 1.24 bits per heavy atom. The van der Waals surface area contributed by atoms with Crippen LogP contribution in [-0.4, -0.2) is 48.8 Å². The van der Waals surface area contributed by atoms with Crippen LogP contribution in [-0.2, 0) is 0 Å². The Morgan fingerprint density at radius 3 is 2.53 bits per heavy atom. The predicted octanol–water partition coefficient (Wildman–Crippen LogP) is 1.61. The van der Waals surface area contributed by atoms with Gasteiger partial charge in [0.1, 0.15) is 0 Å². The number of aliphatic hydroxyl groups excluding tert-OH is 1. The molecule has 0 saturated carbocycles. The van der Waals surface area contributed by atoms with Crippen LogP contribution in [0.25, 0.3) is 0 Å². The molecule has 1 aromatic rings. The average Bonchev–Trinajstić information content (AvgIpc) is 2.31. The van der Waals surface area contributed by atoms with Crippen molar-refractivity contribution in [2.45, 2.75) is 13.0 Å². The van der Waals surface area contributed by atoms with Crippen LogP contribution in [0.3, 0.4) is 0 Å². The van der Waals surface area contributed by atoms with Crippen LogP contribution >= 0.6 is 12.4 Å². The number of anilines is 1. The molecule has 2 rings (SSSR count). The smallest absolute Gasteiger partial charge is 0.0558 e. The minimum Gasteiger partial charge on any atom is -0.395 e. The van der Waals surface area contributed by atoms with Crippen LogP contribution in [0.15, 0.2) is 30.3 Å². The number of hydrogen-bond donors (Lipinski definition) is 1. The molecular formula is C13H21ClN2O. The van der Waals surface area contributed by atoms with E-state index >= 15 is 0 Å². The molecule has 3 nitrogen and oxygen atoms in total. The van der Waals surface area contributed by atoms with Crippen molar-refractivity contribution < 1.29 is 5.11 Å². The normalized spacial score (nSPS) is 21.1. The van der Waals surface area contributed by atoms with Crippen LogP contribution < -0.4 is 4.90 Å². The van der Waals surface area contributed by atoms with Gasteiger partial charge in [0, 0.05) is 37.9 Å². The number of rotatable bonds is 3. The molecule has 96 valence electrons. The molecule has 0 spiro atoms. The zero-order chi connectivity index (χ0) is 11.4. The van der Waals surface area contributed by atoms with E-state index in [1.54, 1.807) is 0 Å². The van der Waals surface area contributed by atoms with Crippen molar-refractivity contribution in [1.29, 1.82) is 0 Å². The first-order chi connectivity index (χ1) is 7.81. The van der Waals surface area contributed by atoms with Gasteiger partial charge < -0.3 is 10.0 Å². The Bertz CT molecular complexity index is 320. The quantitative estimate of drug-likeness (QED) is 0.890. The van der Waals surface area contributed by atoms with Crippen LogP contribution in [0, 0.1) is 0 Å². The number of aliphatic hydroxyl groups is 1. The van der Waals surface area contributed by atoms with Crippen molar-refractivity contribution in [2.75, 3.05) is 37.7 Å². The monoisotopic (exact) mass is 256 g/mol. The highest BCUT2D eigenvalue weighted by Crippen LogP contribution is 2.19. The molecule has 1 saturated heterocycles. The van der Waals surface area contributed by atoms with Gasteiger partial charge in [-0.2, -0.15) is 0 Å². The second-order valence-corrected chi connectivity index (χ2v) is 4.40. The summed E-state index contributed by atoms with van der Waals surface area (Å²) in [6, 6.07) is 11.1. The molecule has 0 radical (unpaired) electrons. The average molecular weight is 257 g/mol. The summed E-state index contributed by atoms with van der Waals surface area (Å²) in [5.74, 6) is 0. The second-order valence-electron chi connectivity index (χ2n) is 4.40. The van der Waals surface area contributed by atoms with Crippen LogP contribution in [0.2, 0.25) is 0 Å². The molecule has 1 aliphatic heterocycles. The van der Waals surface area contributed by atoms with Gasteiger partial charge >= 0.3 is 0 Å². The van der Waals surface area contributed by atoms with Crippen LogP contribution in [0.1, 0.15) is 6.92 Å². The molecule has 0 aromatic heterocycles. The Hall–Kier alpha value is -0.770. The molecule has 17 heavy (non-hydrogen) atoms. The number of nitrogens with zero attached hydrogens (tertiary/aromatic N) is 2. The predicted molar refractivity (Wildman–Crippen MR) is 74.0 cm³/mol. The standard InChI is InChI=1S/C13H20N2O.ClH/c1-12-11-14(9-10-16)7-8-15(12)13-5-3-2-4-6-13;/h2-6,12,16H,7-11H2,1H3;1H. The highest BCUT2D eigenvalue weighted by molar-refractivity contribution is 5.85. The fourth-order valence-electron chi connectivity index (χ4n) is 2.38. The number of halogens is 1. The Balaban J connectivity index is 0.00000144. The lowest BCUT2D eigenvalue weighted by atomic mass is 10.1. The lowest BCUT2D eigenvalue weighted by Gasteiger charge is -2.41. The highest BCUT2D eigenvalue weighted by atomic mass is 35.5. The van der Waals surface area contributed by atoms with Gasteiger partial charge in [-0.15, -0.1) is 12.4 Å². The number of β-amino-alcohol motifs (C(OH)–C–C–N with tert-alkyl or cyclic N) is 1. The van der Waals surface area contributed by atoms with Gasteiger partial charge in [0.05, 0.1) is 6.61 Å². The maximum Gasteiger partial charge on any atom is 0.0558 e. The van der Waals surface area contributed by atoms with E-state index in [0.717, 1.165) is 26.2 Å². The Kier molecular flexibility index (Phi) is 5.75. The van der Waals surface area contributed by atoms with Gasteiger partial charge in [0.25, 0.3) is 0 Å². The zero-order valence-electron chi connectivity index (χ0n) is 10.2.